The lowest BCUT2D eigenvalue weighted by Crippen LogP contribution is -2.10. The summed E-state index contributed by atoms with van der Waals surface area (Å²) < 4.78 is 0.916. The molecule has 2 aromatic heterocycles. The second-order valence-corrected chi connectivity index (χ2v) is 6.00. The second-order valence-electron chi connectivity index (χ2n) is 5.08. The first-order chi connectivity index (χ1) is 10.1. The summed E-state index contributed by atoms with van der Waals surface area (Å²) in [6.45, 7) is 5.18. The molecule has 0 aliphatic rings. The van der Waals surface area contributed by atoms with Crippen LogP contribution in [0.3, 0.4) is 0 Å². The number of aromatic nitrogens is 3. The topological polar surface area (TPSA) is 88.8 Å². The van der Waals surface area contributed by atoms with Crippen molar-refractivity contribution in [2.45, 2.75) is 20.3 Å². The third-order valence-electron chi connectivity index (χ3n) is 2.87. The van der Waals surface area contributed by atoms with Gasteiger partial charge in [0, 0.05) is 17.2 Å². The van der Waals surface area contributed by atoms with Gasteiger partial charge < -0.3 is 16.4 Å². The minimum Gasteiger partial charge on any atom is -0.393 e. The van der Waals surface area contributed by atoms with Gasteiger partial charge in [-0.25, -0.2) is 15.0 Å². The highest BCUT2D eigenvalue weighted by atomic mass is 79.9. The molecule has 0 aliphatic heterocycles. The molecule has 0 atom stereocenters. The highest BCUT2D eigenvalue weighted by molar-refractivity contribution is 9.10. The summed E-state index contributed by atoms with van der Waals surface area (Å²) in [6.07, 6.45) is 4.25. The molecule has 0 spiro atoms. The molecular weight excluding hydrogens is 332 g/mol. The van der Waals surface area contributed by atoms with Crippen molar-refractivity contribution in [1.29, 1.82) is 0 Å². The first-order valence-corrected chi connectivity index (χ1v) is 7.58. The molecule has 2 aromatic rings. The van der Waals surface area contributed by atoms with Crippen LogP contribution in [0.1, 0.15) is 20.3 Å². The molecule has 6 nitrogen and oxygen atoms in total. The van der Waals surface area contributed by atoms with E-state index in [9.17, 15) is 0 Å². The van der Waals surface area contributed by atoms with Crippen LogP contribution in [0.15, 0.2) is 29.1 Å². The predicted molar refractivity (Wildman–Crippen MR) is 89.6 cm³/mol. The highest BCUT2D eigenvalue weighted by Gasteiger charge is 2.08. The van der Waals surface area contributed by atoms with Gasteiger partial charge >= 0.3 is 0 Å². The first kappa shape index (κ1) is 15.5. The Morgan fingerprint density at radius 1 is 1.19 bits per heavy atom. The molecular formula is C14H19BrN6. The molecule has 7 heteroatoms. The highest BCUT2D eigenvalue weighted by Crippen LogP contribution is 2.25. The fraction of sp³-hybridized carbons (Fsp3) is 0.357. The van der Waals surface area contributed by atoms with E-state index >= 15 is 0 Å². The number of hydrogen-bond acceptors (Lipinski definition) is 6. The van der Waals surface area contributed by atoms with E-state index in [0.29, 0.717) is 29.1 Å². The Morgan fingerprint density at radius 3 is 2.62 bits per heavy atom. The van der Waals surface area contributed by atoms with Crippen molar-refractivity contribution in [2.75, 3.05) is 22.9 Å². The third-order valence-corrected chi connectivity index (χ3v) is 3.34. The summed E-state index contributed by atoms with van der Waals surface area (Å²) in [6, 6.07) is 3.74. The van der Waals surface area contributed by atoms with Crippen molar-refractivity contribution in [1.82, 2.24) is 15.0 Å². The SMILES string of the molecule is CC(C)CCNc1ncnc(Nc2ccc(Br)cn2)c1N. The number of nitrogens with zero attached hydrogens (tertiary/aromatic N) is 3. The molecule has 4 N–H and O–H groups in total. The molecule has 0 unspecified atom stereocenters. The largest absolute Gasteiger partial charge is 0.393 e. The van der Waals surface area contributed by atoms with Gasteiger partial charge in [0.2, 0.25) is 0 Å². The van der Waals surface area contributed by atoms with Crippen molar-refractivity contribution in [3.05, 3.63) is 29.1 Å². The van der Waals surface area contributed by atoms with Crippen LogP contribution < -0.4 is 16.4 Å². The summed E-state index contributed by atoms with van der Waals surface area (Å²) in [5, 5.41) is 6.33. The summed E-state index contributed by atoms with van der Waals surface area (Å²) >= 11 is 3.35. The second kappa shape index (κ2) is 7.21. The normalized spacial score (nSPS) is 10.7. The van der Waals surface area contributed by atoms with Crippen molar-refractivity contribution >= 4 is 39.1 Å². The van der Waals surface area contributed by atoms with Crippen molar-refractivity contribution < 1.29 is 0 Å². The van der Waals surface area contributed by atoms with Gasteiger partial charge in [-0.3, -0.25) is 0 Å². The minimum atomic E-state index is 0.492. The van der Waals surface area contributed by atoms with Crippen LogP contribution in [0.25, 0.3) is 0 Å². The Bertz CT molecular complexity index is 585. The summed E-state index contributed by atoms with van der Waals surface area (Å²) in [4.78, 5) is 12.6. The van der Waals surface area contributed by atoms with Gasteiger partial charge in [-0.1, -0.05) is 13.8 Å². The predicted octanol–water partition coefficient (Wildman–Crippen LogP) is 3.42. The van der Waals surface area contributed by atoms with Gasteiger partial charge in [0.1, 0.15) is 17.8 Å². The molecule has 21 heavy (non-hydrogen) atoms. The van der Waals surface area contributed by atoms with Gasteiger partial charge in [0.25, 0.3) is 0 Å². The molecule has 112 valence electrons. The van der Waals surface area contributed by atoms with Gasteiger partial charge in [0.15, 0.2) is 11.6 Å². The quantitative estimate of drug-likeness (QED) is 0.739. The number of nitrogens with two attached hydrogens (primary N) is 1. The Kier molecular flexibility index (Phi) is 5.32. The van der Waals surface area contributed by atoms with Crippen LogP contribution >= 0.6 is 15.9 Å². The summed E-state index contributed by atoms with van der Waals surface area (Å²) in [5.41, 5.74) is 6.58. The lowest BCUT2D eigenvalue weighted by atomic mass is 10.1. The van der Waals surface area contributed by atoms with Crippen LogP contribution in [0, 0.1) is 5.92 Å². The Hall–Kier alpha value is -1.89. The van der Waals surface area contributed by atoms with Gasteiger partial charge in [-0.15, -0.1) is 0 Å². The Morgan fingerprint density at radius 2 is 1.95 bits per heavy atom. The zero-order chi connectivity index (χ0) is 15.2. The number of pyridine rings is 1. The Labute approximate surface area is 132 Å². The van der Waals surface area contributed by atoms with E-state index in [1.807, 2.05) is 12.1 Å². The standard InChI is InChI=1S/C14H19BrN6/c1-9(2)5-6-17-13-12(16)14(20-8-19-13)21-11-4-3-10(15)7-18-11/h3-4,7-9H,5-6,16H2,1-2H3,(H2,17,18,19,20,21). The van der Waals surface area contributed by atoms with Crippen molar-refractivity contribution in [3.8, 4) is 0 Å². The maximum Gasteiger partial charge on any atom is 0.160 e. The smallest absolute Gasteiger partial charge is 0.160 e. The van der Waals surface area contributed by atoms with E-state index in [1.54, 1.807) is 6.20 Å². The number of anilines is 4. The fourth-order valence-electron chi connectivity index (χ4n) is 1.69. The maximum atomic E-state index is 6.09. The zero-order valence-corrected chi connectivity index (χ0v) is 13.7. The maximum absolute atomic E-state index is 6.09. The van der Waals surface area contributed by atoms with Gasteiger partial charge in [-0.05, 0) is 40.4 Å². The third kappa shape index (κ3) is 4.56. The molecule has 2 heterocycles. The van der Waals surface area contributed by atoms with Crippen molar-refractivity contribution in [3.63, 3.8) is 0 Å². The van der Waals surface area contributed by atoms with Crippen LogP contribution in [0.2, 0.25) is 0 Å². The lowest BCUT2D eigenvalue weighted by molar-refractivity contribution is 0.606. The van der Waals surface area contributed by atoms with Crippen LogP contribution in [0.4, 0.5) is 23.1 Å². The first-order valence-electron chi connectivity index (χ1n) is 6.79. The summed E-state index contributed by atoms with van der Waals surface area (Å²) in [5.74, 6) is 2.50. The van der Waals surface area contributed by atoms with Gasteiger partial charge in [-0.2, -0.15) is 0 Å². The van der Waals surface area contributed by atoms with E-state index in [4.69, 9.17) is 5.73 Å². The van der Waals surface area contributed by atoms with Crippen LogP contribution in [-0.2, 0) is 0 Å². The molecule has 2 rings (SSSR count). The zero-order valence-electron chi connectivity index (χ0n) is 12.1. The minimum absolute atomic E-state index is 0.492. The molecule has 0 saturated carbocycles. The molecule has 0 saturated heterocycles. The van der Waals surface area contributed by atoms with E-state index in [1.165, 1.54) is 6.33 Å². The fourth-order valence-corrected chi connectivity index (χ4v) is 1.92. The number of hydrogen-bond donors (Lipinski definition) is 3. The molecule has 0 amide bonds. The molecule has 0 aliphatic carbocycles. The average molecular weight is 351 g/mol. The number of halogens is 1. The summed E-state index contributed by atoms with van der Waals surface area (Å²) in [7, 11) is 0. The molecule has 0 radical (unpaired) electrons. The van der Waals surface area contributed by atoms with Crippen molar-refractivity contribution in [2.24, 2.45) is 5.92 Å². The van der Waals surface area contributed by atoms with E-state index < -0.39 is 0 Å². The average Bonchev–Trinajstić information content (AvgIpc) is 2.45. The van der Waals surface area contributed by atoms with E-state index in [0.717, 1.165) is 17.4 Å². The number of rotatable bonds is 6. The molecule has 0 fully saturated rings. The lowest BCUT2D eigenvalue weighted by Gasteiger charge is -2.12. The monoisotopic (exact) mass is 350 g/mol. The molecule has 0 aromatic carbocycles. The molecule has 0 bridgehead atoms. The van der Waals surface area contributed by atoms with Crippen LogP contribution in [-0.4, -0.2) is 21.5 Å². The Balaban J connectivity index is 2.08. The van der Waals surface area contributed by atoms with Crippen LogP contribution in [0.5, 0.6) is 0 Å². The number of nitrogens with one attached hydrogen (secondary N) is 2. The van der Waals surface area contributed by atoms with E-state index in [-0.39, 0.29) is 0 Å². The van der Waals surface area contributed by atoms with E-state index in [2.05, 4.69) is 55.4 Å². The van der Waals surface area contributed by atoms with Gasteiger partial charge in [0.05, 0.1) is 0 Å². The number of nitrogen functional groups attached to an aromatic ring is 1.